The van der Waals surface area contributed by atoms with Crippen LogP contribution in [0.2, 0.25) is 0 Å². The number of carbonyl (C=O) groups is 1. The summed E-state index contributed by atoms with van der Waals surface area (Å²) in [6.07, 6.45) is 11.2. The molecule has 5 rings (SSSR count). The topological polar surface area (TPSA) is 90.0 Å². The fourth-order valence-corrected chi connectivity index (χ4v) is 5.34. The molecule has 0 radical (unpaired) electrons. The second-order valence-electron chi connectivity index (χ2n) is 9.40. The van der Waals surface area contributed by atoms with Gasteiger partial charge in [0.25, 0.3) is 0 Å². The van der Waals surface area contributed by atoms with Crippen LogP contribution in [0.1, 0.15) is 74.2 Å². The molecule has 3 heterocycles. The molecule has 8 nitrogen and oxygen atoms in total. The maximum atomic E-state index is 12.7. The average molecular weight is 424 g/mol. The number of H-pyrrole nitrogens is 1. The third-order valence-corrected chi connectivity index (χ3v) is 7.05. The number of amides is 1. The Balaban J connectivity index is 1.45. The van der Waals surface area contributed by atoms with Crippen molar-refractivity contribution in [3.05, 3.63) is 23.0 Å². The van der Waals surface area contributed by atoms with Crippen LogP contribution in [0.3, 0.4) is 0 Å². The van der Waals surface area contributed by atoms with Crippen LogP contribution in [0.15, 0.2) is 6.07 Å². The Morgan fingerprint density at radius 2 is 1.90 bits per heavy atom. The van der Waals surface area contributed by atoms with Crippen molar-refractivity contribution in [2.24, 2.45) is 0 Å². The van der Waals surface area contributed by atoms with Crippen molar-refractivity contribution < 1.29 is 4.79 Å². The van der Waals surface area contributed by atoms with Gasteiger partial charge in [-0.2, -0.15) is 10.1 Å². The minimum Gasteiger partial charge on any atom is -0.347 e. The summed E-state index contributed by atoms with van der Waals surface area (Å²) >= 11 is 0. The number of likely N-dealkylation sites (N-methyl/N-ethyl adjacent to an activating group) is 1. The predicted octanol–water partition coefficient (Wildman–Crippen LogP) is 3.54. The van der Waals surface area contributed by atoms with E-state index in [1.165, 1.54) is 36.9 Å². The van der Waals surface area contributed by atoms with Gasteiger partial charge in [-0.3, -0.25) is 9.89 Å². The van der Waals surface area contributed by atoms with Crippen LogP contribution < -0.4 is 10.2 Å². The highest BCUT2D eigenvalue weighted by atomic mass is 16.2. The van der Waals surface area contributed by atoms with Crippen LogP contribution in [0.25, 0.3) is 0 Å². The van der Waals surface area contributed by atoms with Crippen LogP contribution in [0.4, 0.5) is 17.6 Å². The molecule has 2 aromatic heterocycles. The largest absolute Gasteiger partial charge is 0.347 e. The minimum atomic E-state index is -0.177. The predicted molar refractivity (Wildman–Crippen MR) is 121 cm³/mol. The van der Waals surface area contributed by atoms with E-state index in [1.54, 1.807) is 4.90 Å². The summed E-state index contributed by atoms with van der Waals surface area (Å²) in [5.74, 6) is 3.07. The summed E-state index contributed by atoms with van der Waals surface area (Å²) in [6.45, 7) is 0.816. The normalized spacial score (nSPS) is 21.4. The number of aryl methyl sites for hydroxylation is 1. The molecule has 2 aromatic rings. The molecule has 2 aliphatic carbocycles. The maximum absolute atomic E-state index is 12.7. The van der Waals surface area contributed by atoms with Crippen molar-refractivity contribution in [1.29, 1.82) is 0 Å². The van der Waals surface area contributed by atoms with Gasteiger partial charge in [0.2, 0.25) is 11.9 Å². The van der Waals surface area contributed by atoms with Gasteiger partial charge in [0, 0.05) is 43.9 Å². The highest BCUT2D eigenvalue weighted by Crippen LogP contribution is 2.35. The maximum Gasteiger partial charge on any atom is 0.244 e. The molecule has 1 unspecified atom stereocenters. The lowest BCUT2D eigenvalue weighted by atomic mass is 9.96. The number of hydrogen-bond donors (Lipinski definition) is 2. The first-order valence-electron chi connectivity index (χ1n) is 11.8. The number of rotatable bonds is 5. The second-order valence-corrected chi connectivity index (χ2v) is 9.40. The van der Waals surface area contributed by atoms with Gasteiger partial charge in [-0.05, 0) is 51.4 Å². The summed E-state index contributed by atoms with van der Waals surface area (Å²) in [7, 11) is 3.64. The fraction of sp³-hybridized carbons (Fsp3) is 0.652. The molecule has 166 valence electrons. The number of nitrogens with one attached hydrogen (secondary N) is 2. The minimum absolute atomic E-state index is 0.127. The van der Waals surface area contributed by atoms with Gasteiger partial charge in [-0.1, -0.05) is 12.8 Å². The van der Waals surface area contributed by atoms with E-state index in [2.05, 4.69) is 26.5 Å². The number of fused-ring (bicyclic) bond motifs is 1. The lowest BCUT2D eigenvalue weighted by Gasteiger charge is -2.28. The van der Waals surface area contributed by atoms with E-state index >= 15 is 0 Å². The van der Waals surface area contributed by atoms with Gasteiger partial charge in [-0.25, -0.2) is 4.98 Å². The van der Waals surface area contributed by atoms with Crippen molar-refractivity contribution in [2.45, 2.75) is 76.2 Å². The first kappa shape index (κ1) is 20.3. The Bertz CT molecular complexity index is 947. The molecule has 1 saturated heterocycles. The molecular formula is C23H33N7O. The molecule has 3 aliphatic rings. The van der Waals surface area contributed by atoms with E-state index in [-0.39, 0.29) is 11.9 Å². The highest BCUT2D eigenvalue weighted by molar-refractivity contribution is 5.85. The van der Waals surface area contributed by atoms with E-state index in [0.29, 0.717) is 11.9 Å². The smallest absolute Gasteiger partial charge is 0.244 e. The molecule has 1 atom stereocenters. The summed E-state index contributed by atoms with van der Waals surface area (Å²) in [4.78, 5) is 26.4. The molecular weight excluding hydrogens is 390 g/mol. The summed E-state index contributed by atoms with van der Waals surface area (Å²) in [5.41, 5.74) is 3.54. The molecule has 2 N–H and O–H groups in total. The van der Waals surface area contributed by atoms with Crippen molar-refractivity contribution in [1.82, 2.24) is 25.1 Å². The van der Waals surface area contributed by atoms with E-state index in [9.17, 15) is 4.79 Å². The number of hydrogen-bond acceptors (Lipinski definition) is 6. The number of aromatic nitrogens is 4. The van der Waals surface area contributed by atoms with Gasteiger partial charge in [0.1, 0.15) is 11.9 Å². The Morgan fingerprint density at radius 1 is 1.10 bits per heavy atom. The molecule has 0 bridgehead atoms. The summed E-state index contributed by atoms with van der Waals surface area (Å²) in [5, 5.41) is 11.3. The van der Waals surface area contributed by atoms with Crippen LogP contribution >= 0.6 is 0 Å². The zero-order chi connectivity index (χ0) is 21.4. The van der Waals surface area contributed by atoms with Gasteiger partial charge in [-0.15, -0.1) is 0 Å². The van der Waals surface area contributed by atoms with Crippen LogP contribution in [-0.2, 0) is 17.6 Å². The van der Waals surface area contributed by atoms with Gasteiger partial charge < -0.3 is 15.1 Å². The van der Waals surface area contributed by atoms with Crippen LogP contribution in [0.5, 0.6) is 0 Å². The molecule has 31 heavy (non-hydrogen) atoms. The number of carbonyl (C=O) groups excluding carboxylic acids is 1. The Morgan fingerprint density at radius 3 is 2.71 bits per heavy atom. The molecule has 8 heteroatoms. The first-order valence-corrected chi connectivity index (χ1v) is 11.8. The quantitative estimate of drug-likeness (QED) is 0.765. The number of anilines is 3. The Hall–Kier alpha value is -2.64. The molecule has 1 saturated carbocycles. The van der Waals surface area contributed by atoms with E-state index in [1.807, 2.05) is 14.1 Å². The highest BCUT2D eigenvalue weighted by Gasteiger charge is 2.34. The van der Waals surface area contributed by atoms with Crippen LogP contribution in [-0.4, -0.2) is 57.7 Å². The fourth-order valence-electron chi connectivity index (χ4n) is 5.34. The third kappa shape index (κ3) is 4.00. The van der Waals surface area contributed by atoms with Crippen LogP contribution in [0, 0.1) is 0 Å². The number of aromatic amines is 1. The molecule has 2 fully saturated rings. The lowest BCUT2D eigenvalue weighted by Crippen LogP contribution is -2.43. The molecule has 1 aliphatic heterocycles. The Labute approximate surface area is 183 Å². The number of nitrogens with zero attached hydrogens (tertiary/aromatic N) is 5. The second kappa shape index (κ2) is 8.48. The molecule has 1 amide bonds. The molecule has 0 spiro atoms. The van der Waals surface area contributed by atoms with Crippen molar-refractivity contribution >= 4 is 23.5 Å². The zero-order valence-corrected chi connectivity index (χ0v) is 18.7. The van der Waals surface area contributed by atoms with Gasteiger partial charge in [0.15, 0.2) is 5.82 Å². The summed E-state index contributed by atoms with van der Waals surface area (Å²) in [6, 6.07) is 1.96. The van der Waals surface area contributed by atoms with E-state index in [0.717, 1.165) is 62.4 Å². The summed E-state index contributed by atoms with van der Waals surface area (Å²) < 4.78 is 0. The first-order chi connectivity index (χ1) is 15.1. The monoisotopic (exact) mass is 423 g/mol. The average Bonchev–Trinajstić information content (AvgIpc) is 3.54. The van der Waals surface area contributed by atoms with E-state index in [4.69, 9.17) is 9.97 Å². The SMILES string of the molecule is CN(C)C(=O)C1CCCN1c1nc2c(c(Nc3cc(C4CCCC4)[nH]n3)n1)CCCC2. The Kier molecular flexibility index (Phi) is 5.54. The van der Waals surface area contributed by atoms with Gasteiger partial charge in [0.05, 0.1) is 5.69 Å². The lowest BCUT2D eigenvalue weighted by molar-refractivity contribution is -0.129. The van der Waals surface area contributed by atoms with E-state index < -0.39 is 0 Å². The van der Waals surface area contributed by atoms with Crippen molar-refractivity contribution in [3.63, 3.8) is 0 Å². The third-order valence-electron chi connectivity index (χ3n) is 7.05. The standard InChI is InChI=1S/C23H33N7O/c1-29(2)22(31)19-12-7-13-30(19)23-24-17-11-6-5-10-16(17)21(26-23)25-20-14-18(27-28-20)15-8-3-4-9-15/h14-15,19H,3-13H2,1-2H3,(H2,24,25,26,27,28). The molecule has 0 aromatic carbocycles. The van der Waals surface area contributed by atoms with Crippen molar-refractivity contribution in [2.75, 3.05) is 30.9 Å². The van der Waals surface area contributed by atoms with Crippen molar-refractivity contribution in [3.8, 4) is 0 Å². The van der Waals surface area contributed by atoms with Gasteiger partial charge >= 0.3 is 0 Å². The zero-order valence-electron chi connectivity index (χ0n) is 18.7.